The Hall–Kier alpha value is -1.02. The number of hydrogen-bond donors (Lipinski definition) is 0. The standard InChI is InChI=1S/C12H15ClN2/c1-3-7-15-11-6-5-9(13)8-10(11)14-12(15)4-2/h5-6,8H,3-4,7H2,1-2H3. The fraction of sp³-hybridized carbons (Fsp3) is 0.417. The molecule has 0 atom stereocenters. The average Bonchev–Trinajstić information content (AvgIpc) is 2.56. The molecular weight excluding hydrogens is 208 g/mol. The summed E-state index contributed by atoms with van der Waals surface area (Å²) >= 11 is 5.95. The van der Waals surface area contributed by atoms with Crippen LogP contribution in [0.25, 0.3) is 11.0 Å². The number of benzene rings is 1. The van der Waals surface area contributed by atoms with Gasteiger partial charge in [0.2, 0.25) is 0 Å². The molecule has 15 heavy (non-hydrogen) atoms. The number of halogens is 1. The number of hydrogen-bond acceptors (Lipinski definition) is 1. The van der Waals surface area contributed by atoms with Gasteiger partial charge in [0.25, 0.3) is 0 Å². The second-order valence-corrected chi connectivity index (χ2v) is 4.10. The Morgan fingerprint density at radius 3 is 2.80 bits per heavy atom. The summed E-state index contributed by atoms with van der Waals surface area (Å²) in [5, 5.41) is 0.756. The molecule has 0 fully saturated rings. The maximum absolute atomic E-state index is 5.95. The van der Waals surface area contributed by atoms with Gasteiger partial charge in [0.15, 0.2) is 0 Å². The first-order chi connectivity index (χ1) is 7.26. The largest absolute Gasteiger partial charge is 0.328 e. The highest BCUT2D eigenvalue weighted by Gasteiger charge is 2.08. The van der Waals surface area contributed by atoms with Gasteiger partial charge in [-0.15, -0.1) is 0 Å². The zero-order chi connectivity index (χ0) is 10.8. The SMILES string of the molecule is CCCn1c(CC)nc2cc(Cl)ccc21. The van der Waals surface area contributed by atoms with E-state index < -0.39 is 0 Å². The third-order valence-corrected chi connectivity index (χ3v) is 2.79. The van der Waals surface area contributed by atoms with E-state index in [4.69, 9.17) is 11.6 Å². The Morgan fingerprint density at radius 1 is 1.33 bits per heavy atom. The molecule has 0 aliphatic heterocycles. The van der Waals surface area contributed by atoms with Crippen LogP contribution in [0.1, 0.15) is 26.1 Å². The topological polar surface area (TPSA) is 17.8 Å². The van der Waals surface area contributed by atoms with Gasteiger partial charge in [0.05, 0.1) is 11.0 Å². The monoisotopic (exact) mass is 222 g/mol. The first-order valence-electron chi connectivity index (χ1n) is 5.41. The quantitative estimate of drug-likeness (QED) is 0.775. The number of fused-ring (bicyclic) bond motifs is 1. The number of rotatable bonds is 3. The Morgan fingerprint density at radius 2 is 2.13 bits per heavy atom. The van der Waals surface area contributed by atoms with Crippen LogP contribution in [0.4, 0.5) is 0 Å². The van der Waals surface area contributed by atoms with E-state index in [0.717, 1.165) is 35.8 Å². The van der Waals surface area contributed by atoms with E-state index in [2.05, 4.69) is 29.5 Å². The van der Waals surface area contributed by atoms with Gasteiger partial charge in [-0.05, 0) is 24.6 Å². The second kappa shape index (κ2) is 4.23. The van der Waals surface area contributed by atoms with Crippen molar-refractivity contribution in [2.45, 2.75) is 33.2 Å². The molecule has 80 valence electrons. The van der Waals surface area contributed by atoms with E-state index in [0.29, 0.717) is 0 Å². The number of nitrogens with zero attached hydrogens (tertiary/aromatic N) is 2. The third-order valence-electron chi connectivity index (χ3n) is 2.55. The van der Waals surface area contributed by atoms with Crippen molar-refractivity contribution in [3.8, 4) is 0 Å². The zero-order valence-corrected chi connectivity index (χ0v) is 9.88. The van der Waals surface area contributed by atoms with E-state index in [9.17, 15) is 0 Å². The van der Waals surface area contributed by atoms with Crippen LogP contribution in [0, 0.1) is 0 Å². The molecular formula is C12H15ClN2. The molecule has 0 unspecified atom stereocenters. The number of imidazole rings is 1. The van der Waals surface area contributed by atoms with Gasteiger partial charge >= 0.3 is 0 Å². The Kier molecular flexibility index (Phi) is 2.96. The lowest BCUT2D eigenvalue weighted by atomic mass is 10.3. The Balaban J connectivity index is 2.63. The van der Waals surface area contributed by atoms with Crippen molar-refractivity contribution in [3.05, 3.63) is 29.0 Å². The zero-order valence-electron chi connectivity index (χ0n) is 9.13. The van der Waals surface area contributed by atoms with Crippen LogP contribution in [0.15, 0.2) is 18.2 Å². The predicted molar refractivity (Wildman–Crippen MR) is 64.4 cm³/mol. The van der Waals surface area contributed by atoms with Crippen molar-refractivity contribution < 1.29 is 0 Å². The summed E-state index contributed by atoms with van der Waals surface area (Å²) in [6.45, 7) is 5.34. The smallest absolute Gasteiger partial charge is 0.109 e. The lowest BCUT2D eigenvalue weighted by Crippen LogP contribution is -2.01. The van der Waals surface area contributed by atoms with E-state index >= 15 is 0 Å². The van der Waals surface area contributed by atoms with Crippen LogP contribution in [0.3, 0.4) is 0 Å². The molecule has 1 aromatic heterocycles. The molecule has 2 rings (SSSR count). The van der Waals surface area contributed by atoms with Crippen LogP contribution in [-0.4, -0.2) is 9.55 Å². The van der Waals surface area contributed by atoms with Gasteiger partial charge in [-0.25, -0.2) is 4.98 Å². The first kappa shape index (κ1) is 10.5. The molecule has 0 bridgehead atoms. The lowest BCUT2D eigenvalue weighted by Gasteiger charge is -2.05. The average molecular weight is 223 g/mol. The molecule has 0 saturated heterocycles. The molecule has 0 aliphatic carbocycles. The van der Waals surface area contributed by atoms with E-state index in [1.54, 1.807) is 0 Å². The van der Waals surface area contributed by atoms with Crippen LogP contribution >= 0.6 is 11.6 Å². The first-order valence-corrected chi connectivity index (χ1v) is 5.78. The molecule has 0 spiro atoms. The van der Waals surface area contributed by atoms with Crippen molar-refractivity contribution in [3.63, 3.8) is 0 Å². The predicted octanol–water partition coefficient (Wildman–Crippen LogP) is 3.66. The third kappa shape index (κ3) is 1.86. The molecule has 1 aromatic carbocycles. The normalized spacial score (nSPS) is 11.1. The fourth-order valence-corrected chi connectivity index (χ4v) is 2.06. The minimum atomic E-state index is 0.756. The summed E-state index contributed by atoms with van der Waals surface area (Å²) < 4.78 is 2.28. The summed E-state index contributed by atoms with van der Waals surface area (Å²) in [6, 6.07) is 5.92. The van der Waals surface area contributed by atoms with E-state index in [1.165, 1.54) is 5.52 Å². The van der Waals surface area contributed by atoms with Crippen molar-refractivity contribution >= 4 is 22.6 Å². The minimum absolute atomic E-state index is 0.756. The molecule has 0 saturated carbocycles. The van der Waals surface area contributed by atoms with Gasteiger partial charge in [0.1, 0.15) is 5.82 Å². The van der Waals surface area contributed by atoms with Crippen molar-refractivity contribution in [2.24, 2.45) is 0 Å². The summed E-state index contributed by atoms with van der Waals surface area (Å²) in [6.07, 6.45) is 2.09. The lowest BCUT2D eigenvalue weighted by molar-refractivity contribution is 0.659. The van der Waals surface area contributed by atoms with Crippen LogP contribution in [-0.2, 0) is 13.0 Å². The fourth-order valence-electron chi connectivity index (χ4n) is 1.90. The summed E-state index contributed by atoms with van der Waals surface area (Å²) in [4.78, 5) is 4.59. The highest BCUT2D eigenvalue weighted by atomic mass is 35.5. The maximum Gasteiger partial charge on any atom is 0.109 e. The van der Waals surface area contributed by atoms with Crippen LogP contribution in [0.2, 0.25) is 5.02 Å². The summed E-state index contributed by atoms with van der Waals surface area (Å²) in [5.41, 5.74) is 2.20. The maximum atomic E-state index is 5.95. The molecule has 2 nitrogen and oxygen atoms in total. The second-order valence-electron chi connectivity index (χ2n) is 3.67. The highest BCUT2D eigenvalue weighted by molar-refractivity contribution is 6.31. The molecule has 3 heteroatoms. The van der Waals surface area contributed by atoms with Gasteiger partial charge in [0, 0.05) is 18.0 Å². The van der Waals surface area contributed by atoms with Crippen LogP contribution in [0.5, 0.6) is 0 Å². The minimum Gasteiger partial charge on any atom is -0.328 e. The van der Waals surface area contributed by atoms with Crippen molar-refractivity contribution in [2.75, 3.05) is 0 Å². The highest BCUT2D eigenvalue weighted by Crippen LogP contribution is 2.21. The van der Waals surface area contributed by atoms with Gasteiger partial charge in [-0.2, -0.15) is 0 Å². The number of aromatic nitrogens is 2. The van der Waals surface area contributed by atoms with E-state index in [1.807, 2.05) is 12.1 Å². The van der Waals surface area contributed by atoms with Gasteiger partial charge in [-0.3, -0.25) is 0 Å². The van der Waals surface area contributed by atoms with E-state index in [-0.39, 0.29) is 0 Å². The van der Waals surface area contributed by atoms with Gasteiger partial charge in [-0.1, -0.05) is 25.4 Å². The molecule has 0 N–H and O–H groups in total. The summed E-state index contributed by atoms with van der Waals surface area (Å²) in [7, 11) is 0. The van der Waals surface area contributed by atoms with Crippen LogP contribution < -0.4 is 0 Å². The van der Waals surface area contributed by atoms with Crippen molar-refractivity contribution in [1.82, 2.24) is 9.55 Å². The molecule has 2 aromatic rings. The molecule has 1 heterocycles. The van der Waals surface area contributed by atoms with Crippen molar-refractivity contribution in [1.29, 1.82) is 0 Å². The Labute approximate surface area is 94.9 Å². The molecule has 0 amide bonds. The number of aryl methyl sites for hydroxylation is 2. The summed E-state index contributed by atoms with van der Waals surface area (Å²) in [5.74, 6) is 1.15. The Bertz CT molecular complexity index is 474. The van der Waals surface area contributed by atoms with Gasteiger partial charge < -0.3 is 4.57 Å². The molecule has 0 aliphatic rings. The molecule has 0 radical (unpaired) electrons.